The predicted octanol–water partition coefficient (Wildman–Crippen LogP) is 4.10. The van der Waals surface area contributed by atoms with Gasteiger partial charge in [0.05, 0.1) is 5.92 Å². The molecule has 1 heterocycles. The van der Waals surface area contributed by atoms with Crippen LogP contribution in [-0.4, -0.2) is 6.29 Å². The van der Waals surface area contributed by atoms with Gasteiger partial charge in [-0.1, -0.05) is 36.0 Å². The maximum Gasteiger partial charge on any atom is 0.131 e. The number of fused-ring (bicyclic) bond motifs is 2. The van der Waals surface area contributed by atoms with Crippen molar-refractivity contribution in [3.8, 4) is 0 Å². The predicted molar refractivity (Wildman–Crippen MR) is 74.4 cm³/mol. The van der Waals surface area contributed by atoms with Gasteiger partial charge in [-0.05, 0) is 48.2 Å². The summed E-state index contributed by atoms with van der Waals surface area (Å²) < 4.78 is 0. The van der Waals surface area contributed by atoms with Gasteiger partial charge in [0.25, 0.3) is 0 Å². The van der Waals surface area contributed by atoms with E-state index in [0.29, 0.717) is 0 Å². The van der Waals surface area contributed by atoms with Crippen molar-refractivity contribution in [1.82, 2.24) is 0 Å². The van der Waals surface area contributed by atoms with E-state index in [-0.39, 0.29) is 5.92 Å². The van der Waals surface area contributed by atoms with Gasteiger partial charge < -0.3 is 4.79 Å². The molecule has 0 saturated heterocycles. The summed E-state index contributed by atoms with van der Waals surface area (Å²) in [6.45, 7) is 4.20. The zero-order valence-electron chi connectivity index (χ0n) is 10.4. The summed E-state index contributed by atoms with van der Waals surface area (Å²) in [5.41, 5.74) is 4.78. The smallest absolute Gasteiger partial charge is 0.131 e. The molecule has 1 nitrogen and oxygen atoms in total. The van der Waals surface area contributed by atoms with E-state index < -0.39 is 0 Å². The van der Waals surface area contributed by atoms with Crippen LogP contribution in [0.4, 0.5) is 0 Å². The maximum absolute atomic E-state index is 11.5. The third kappa shape index (κ3) is 1.68. The number of benzene rings is 2. The SMILES string of the molecule is Cc1cc(C)c2c(c1)Sc1ccccc1C2C=O. The van der Waals surface area contributed by atoms with E-state index in [1.807, 2.05) is 12.1 Å². The molecular weight excluding hydrogens is 240 g/mol. The molecule has 0 aliphatic carbocycles. The second-order valence-electron chi connectivity index (χ2n) is 4.75. The number of rotatable bonds is 1. The lowest BCUT2D eigenvalue weighted by molar-refractivity contribution is -0.108. The highest BCUT2D eigenvalue weighted by atomic mass is 32.2. The molecule has 0 bridgehead atoms. The van der Waals surface area contributed by atoms with Gasteiger partial charge in [0.15, 0.2) is 0 Å². The van der Waals surface area contributed by atoms with Gasteiger partial charge in [-0.15, -0.1) is 0 Å². The van der Waals surface area contributed by atoms with Crippen LogP contribution >= 0.6 is 11.8 Å². The van der Waals surface area contributed by atoms with Crippen LogP contribution in [0.25, 0.3) is 0 Å². The fraction of sp³-hybridized carbons (Fsp3) is 0.188. The topological polar surface area (TPSA) is 17.1 Å². The Morgan fingerprint density at radius 1 is 1.11 bits per heavy atom. The minimum Gasteiger partial charge on any atom is -0.302 e. The quantitative estimate of drug-likeness (QED) is 0.713. The minimum atomic E-state index is -0.113. The average molecular weight is 254 g/mol. The third-order valence-electron chi connectivity index (χ3n) is 3.41. The van der Waals surface area contributed by atoms with Gasteiger partial charge in [-0.2, -0.15) is 0 Å². The molecule has 1 atom stereocenters. The first-order valence-electron chi connectivity index (χ1n) is 6.04. The van der Waals surface area contributed by atoms with Gasteiger partial charge >= 0.3 is 0 Å². The van der Waals surface area contributed by atoms with Crippen molar-refractivity contribution in [3.63, 3.8) is 0 Å². The van der Waals surface area contributed by atoms with E-state index >= 15 is 0 Å². The second-order valence-corrected chi connectivity index (χ2v) is 5.83. The summed E-state index contributed by atoms with van der Waals surface area (Å²) in [6, 6.07) is 12.5. The molecule has 2 heteroatoms. The fourth-order valence-corrected chi connectivity index (χ4v) is 4.01. The highest BCUT2D eigenvalue weighted by molar-refractivity contribution is 7.99. The summed E-state index contributed by atoms with van der Waals surface area (Å²) in [4.78, 5) is 13.9. The lowest BCUT2D eigenvalue weighted by atomic mass is 9.88. The zero-order chi connectivity index (χ0) is 12.7. The molecule has 1 aliphatic heterocycles. The lowest BCUT2D eigenvalue weighted by Crippen LogP contribution is -2.11. The standard InChI is InChI=1S/C16H14OS/c1-10-7-11(2)16-13(9-17)12-5-3-4-6-14(12)18-15(16)8-10/h3-9,13H,1-2H3. The zero-order valence-corrected chi connectivity index (χ0v) is 11.3. The average Bonchev–Trinajstić information content (AvgIpc) is 2.35. The van der Waals surface area contributed by atoms with E-state index in [9.17, 15) is 4.79 Å². The van der Waals surface area contributed by atoms with Crippen molar-refractivity contribution in [1.29, 1.82) is 0 Å². The fourth-order valence-electron chi connectivity index (χ4n) is 2.67. The third-order valence-corrected chi connectivity index (χ3v) is 4.56. The monoisotopic (exact) mass is 254 g/mol. The Morgan fingerprint density at radius 2 is 1.89 bits per heavy atom. The van der Waals surface area contributed by atoms with Crippen LogP contribution in [0.3, 0.4) is 0 Å². The highest BCUT2D eigenvalue weighted by Crippen LogP contribution is 2.46. The van der Waals surface area contributed by atoms with Gasteiger partial charge in [0, 0.05) is 9.79 Å². The van der Waals surface area contributed by atoms with Crippen molar-refractivity contribution in [2.24, 2.45) is 0 Å². The van der Waals surface area contributed by atoms with Crippen LogP contribution in [0.5, 0.6) is 0 Å². The first-order chi connectivity index (χ1) is 8.70. The molecule has 1 unspecified atom stereocenters. The van der Waals surface area contributed by atoms with Crippen molar-refractivity contribution in [2.75, 3.05) is 0 Å². The summed E-state index contributed by atoms with van der Waals surface area (Å²) in [7, 11) is 0. The molecule has 1 aliphatic rings. The Morgan fingerprint density at radius 3 is 2.67 bits per heavy atom. The molecule has 0 N–H and O–H groups in total. The summed E-state index contributed by atoms with van der Waals surface area (Å²) in [5.74, 6) is -0.113. The number of carbonyl (C=O) groups excluding carboxylic acids is 1. The van der Waals surface area contributed by atoms with Gasteiger partial charge in [0.1, 0.15) is 6.29 Å². The number of aldehydes is 1. The molecule has 0 saturated carbocycles. The summed E-state index contributed by atoms with van der Waals surface area (Å²) in [5, 5.41) is 0. The molecule has 0 spiro atoms. The van der Waals surface area contributed by atoms with E-state index in [4.69, 9.17) is 0 Å². The van der Waals surface area contributed by atoms with E-state index in [0.717, 1.165) is 11.8 Å². The summed E-state index contributed by atoms with van der Waals surface area (Å²) in [6.07, 6.45) is 1.07. The number of carbonyl (C=O) groups is 1. The van der Waals surface area contributed by atoms with Crippen LogP contribution in [-0.2, 0) is 4.79 Å². The van der Waals surface area contributed by atoms with E-state index in [2.05, 4.69) is 38.1 Å². The van der Waals surface area contributed by atoms with Gasteiger partial charge in [-0.3, -0.25) is 0 Å². The molecule has 0 aromatic heterocycles. The number of hydrogen-bond donors (Lipinski definition) is 0. The van der Waals surface area contributed by atoms with Crippen LogP contribution in [0, 0.1) is 13.8 Å². The Hall–Kier alpha value is -1.54. The van der Waals surface area contributed by atoms with Crippen LogP contribution < -0.4 is 0 Å². The molecule has 0 amide bonds. The Balaban J connectivity index is 2.27. The highest BCUT2D eigenvalue weighted by Gasteiger charge is 2.27. The first kappa shape index (κ1) is 11.5. The number of aryl methyl sites for hydroxylation is 2. The van der Waals surface area contributed by atoms with Crippen molar-refractivity contribution >= 4 is 18.0 Å². The first-order valence-corrected chi connectivity index (χ1v) is 6.85. The largest absolute Gasteiger partial charge is 0.302 e. The number of hydrogen-bond acceptors (Lipinski definition) is 2. The maximum atomic E-state index is 11.5. The van der Waals surface area contributed by atoms with Crippen molar-refractivity contribution in [3.05, 3.63) is 58.7 Å². The molecule has 2 aromatic rings. The minimum absolute atomic E-state index is 0.113. The molecule has 2 aromatic carbocycles. The molecule has 0 fully saturated rings. The molecule has 90 valence electrons. The van der Waals surface area contributed by atoms with E-state index in [1.165, 1.54) is 26.5 Å². The second kappa shape index (κ2) is 4.29. The Kier molecular flexibility index (Phi) is 2.75. The van der Waals surface area contributed by atoms with E-state index in [1.54, 1.807) is 11.8 Å². The van der Waals surface area contributed by atoms with Crippen molar-refractivity contribution < 1.29 is 4.79 Å². The Bertz CT molecular complexity index is 631. The van der Waals surface area contributed by atoms with Crippen LogP contribution in [0.15, 0.2) is 46.2 Å². The lowest BCUT2D eigenvalue weighted by Gasteiger charge is -2.26. The van der Waals surface area contributed by atoms with Gasteiger partial charge in [0.2, 0.25) is 0 Å². The molecule has 18 heavy (non-hydrogen) atoms. The summed E-state index contributed by atoms with van der Waals surface area (Å²) >= 11 is 1.77. The van der Waals surface area contributed by atoms with Gasteiger partial charge in [-0.25, -0.2) is 0 Å². The van der Waals surface area contributed by atoms with Crippen LogP contribution in [0.1, 0.15) is 28.2 Å². The van der Waals surface area contributed by atoms with Crippen molar-refractivity contribution in [2.45, 2.75) is 29.6 Å². The molecular formula is C16H14OS. The normalized spacial score (nSPS) is 16.9. The van der Waals surface area contributed by atoms with Crippen LogP contribution in [0.2, 0.25) is 0 Å². The molecule has 0 radical (unpaired) electrons. The molecule has 3 rings (SSSR count). The Labute approximate surface area is 111 Å².